The number of nitrogens with one attached hydrogen (secondary N) is 1. The van der Waals surface area contributed by atoms with Gasteiger partial charge in [0, 0.05) is 23.4 Å². The number of aryl methyl sites for hydroxylation is 1. The minimum absolute atomic E-state index is 0.0431. The Kier molecular flexibility index (Phi) is 5.45. The number of amides is 3. The van der Waals surface area contributed by atoms with Crippen molar-refractivity contribution >= 4 is 34.2 Å². The van der Waals surface area contributed by atoms with Gasteiger partial charge in [-0.3, -0.25) is 19.3 Å². The number of hydrogen-bond acceptors (Lipinski definition) is 5. The lowest BCUT2D eigenvalue weighted by Crippen LogP contribution is -2.34. The minimum atomic E-state index is -0.319. The Morgan fingerprint density at radius 3 is 2.41 bits per heavy atom. The third-order valence-electron chi connectivity index (χ3n) is 5.66. The molecule has 3 amide bonds. The molecule has 1 saturated carbocycles. The number of rotatable bonds is 5. The fraction of sp³-hybridized carbons (Fsp3) is 0.429. The van der Waals surface area contributed by atoms with Crippen LogP contribution in [-0.4, -0.2) is 34.2 Å². The molecular formula is C21H22FN3O3S. The molecule has 6 nitrogen and oxygen atoms in total. The molecule has 1 aromatic carbocycles. The predicted octanol–water partition coefficient (Wildman–Crippen LogP) is 3.76. The summed E-state index contributed by atoms with van der Waals surface area (Å²) in [6.07, 6.45) is 3.54. The number of anilines is 1. The topological polar surface area (TPSA) is 79.4 Å². The molecule has 4 rings (SSSR count). The molecule has 29 heavy (non-hydrogen) atoms. The number of carbonyl (C=O) groups is 3. The Morgan fingerprint density at radius 1 is 1.17 bits per heavy atom. The van der Waals surface area contributed by atoms with Gasteiger partial charge in [-0.05, 0) is 44.0 Å². The van der Waals surface area contributed by atoms with Gasteiger partial charge in [0.25, 0.3) is 0 Å². The summed E-state index contributed by atoms with van der Waals surface area (Å²) in [4.78, 5) is 43.9. The number of fused-ring (bicyclic) bond motifs is 1. The lowest BCUT2D eigenvalue weighted by molar-refractivity contribution is -0.140. The van der Waals surface area contributed by atoms with Crippen LogP contribution in [0, 0.1) is 24.6 Å². The first-order valence-corrected chi connectivity index (χ1v) is 10.6. The molecular weight excluding hydrogens is 393 g/mol. The average Bonchev–Trinajstić information content (AvgIpc) is 3.19. The van der Waals surface area contributed by atoms with Crippen molar-refractivity contribution in [2.75, 3.05) is 11.9 Å². The lowest BCUT2D eigenvalue weighted by Gasteiger charge is -2.19. The zero-order valence-electron chi connectivity index (χ0n) is 16.1. The minimum Gasteiger partial charge on any atom is -0.302 e. The molecule has 1 aliphatic carbocycles. The number of aromatic nitrogens is 1. The highest BCUT2D eigenvalue weighted by atomic mass is 32.1. The molecule has 0 radical (unpaired) electrons. The summed E-state index contributed by atoms with van der Waals surface area (Å²) in [6, 6.07) is 6.03. The fourth-order valence-electron chi connectivity index (χ4n) is 4.17. The van der Waals surface area contributed by atoms with Crippen molar-refractivity contribution in [1.29, 1.82) is 0 Å². The van der Waals surface area contributed by atoms with Crippen LogP contribution in [0.5, 0.6) is 0 Å². The van der Waals surface area contributed by atoms with Gasteiger partial charge in [0.05, 0.1) is 17.5 Å². The van der Waals surface area contributed by atoms with Crippen molar-refractivity contribution in [2.24, 2.45) is 11.8 Å². The maximum atomic E-state index is 13.1. The number of imide groups is 1. The van der Waals surface area contributed by atoms with E-state index in [-0.39, 0.29) is 48.3 Å². The maximum Gasteiger partial charge on any atom is 0.233 e. The van der Waals surface area contributed by atoms with Gasteiger partial charge < -0.3 is 5.32 Å². The van der Waals surface area contributed by atoms with Crippen LogP contribution >= 0.6 is 11.3 Å². The van der Waals surface area contributed by atoms with Crippen LogP contribution in [0.15, 0.2) is 24.3 Å². The molecule has 1 aliphatic heterocycles. The number of carbonyl (C=O) groups excluding carboxylic acids is 3. The van der Waals surface area contributed by atoms with E-state index in [2.05, 4.69) is 10.3 Å². The predicted molar refractivity (Wildman–Crippen MR) is 108 cm³/mol. The monoisotopic (exact) mass is 415 g/mol. The van der Waals surface area contributed by atoms with Gasteiger partial charge in [-0.15, -0.1) is 11.3 Å². The molecule has 1 saturated heterocycles. The number of halogens is 1. The van der Waals surface area contributed by atoms with E-state index in [0.717, 1.165) is 36.1 Å². The molecule has 2 aliphatic rings. The van der Waals surface area contributed by atoms with Crippen LogP contribution in [0.3, 0.4) is 0 Å². The van der Waals surface area contributed by atoms with E-state index in [1.165, 1.54) is 28.4 Å². The van der Waals surface area contributed by atoms with E-state index in [1.807, 2.05) is 6.92 Å². The van der Waals surface area contributed by atoms with Crippen LogP contribution in [-0.2, 0) is 14.4 Å². The molecule has 0 bridgehead atoms. The molecule has 0 spiro atoms. The molecule has 2 heterocycles. The van der Waals surface area contributed by atoms with Crippen LogP contribution in [0.2, 0.25) is 0 Å². The first-order valence-electron chi connectivity index (χ1n) is 9.82. The number of benzene rings is 1. The molecule has 1 N–H and O–H groups in total. The lowest BCUT2D eigenvalue weighted by atomic mass is 9.81. The van der Waals surface area contributed by atoms with Crippen LogP contribution < -0.4 is 5.32 Å². The summed E-state index contributed by atoms with van der Waals surface area (Å²) in [5, 5.41) is 3.19. The summed E-state index contributed by atoms with van der Waals surface area (Å²) in [5.41, 5.74) is 1.47. The molecule has 2 fully saturated rings. The molecule has 0 unspecified atom stereocenters. The molecule has 2 atom stereocenters. The molecule has 8 heteroatoms. The summed E-state index contributed by atoms with van der Waals surface area (Å²) >= 11 is 1.33. The number of hydrogen-bond donors (Lipinski definition) is 1. The van der Waals surface area contributed by atoms with E-state index in [1.54, 1.807) is 12.1 Å². The van der Waals surface area contributed by atoms with Crippen molar-refractivity contribution in [3.63, 3.8) is 0 Å². The van der Waals surface area contributed by atoms with Crippen LogP contribution in [0.4, 0.5) is 9.52 Å². The fourth-order valence-corrected chi connectivity index (χ4v) is 5.02. The first-order chi connectivity index (χ1) is 13.9. The molecule has 2 aromatic rings. The van der Waals surface area contributed by atoms with E-state index in [0.29, 0.717) is 10.8 Å². The number of likely N-dealkylation sites (tertiary alicyclic amines) is 1. The standard InChI is InChI=1S/C21H22FN3O3S/c1-12-18(13-6-8-14(22)9-7-13)24-21(29-12)23-17(26)10-11-25-19(27)15-4-2-3-5-16(15)20(25)28/h6-9,15-16H,2-5,10-11H2,1H3,(H,23,24,26)/t15-,16+. The Bertz CT molecular complexity index is 933. The highest BCUT2D eigenvalue weighted by Gasteiger charge is 2.47. The van der Waals surface area contributed by atoms with Gasteiger partial charge in [0.15, 0.2) is 5.13 Å². The summed E-state index contributed by atoms with van der Waals surface area (Å²) < 4.78 is 13.1. The first kappa shape index (κ1) is 19.7. The second-order valence-electron chi connectivity index (χ2n) is 7.55. The zero-order chi connectivity index (χ0) is 20.5. The van der Waals surface area contributed by atoms with Gasteiger partial charge in [-0.2, -0.15) is 0 Å². The second-order valence-corrected chi connectivity index (χ2v) is 8.76. The maximum absolute atomic E-state index is 13.1. The summed E-state index contributed by atoms with van der Waals surface area (Å²) in [5.74, 6) is -1.26. The SMILES string of the molecule is Cc1sc(NC(=O)CCN2C(=O)[C@H]3CCCC[C@H]3C2=O)nc1-c1ccc(F)cc1. The molecule has 1 aromatic heterocycles. The Hall–Kier alpha value is -2.61. The van der Waals surface area contributed by atoms with Crippen LogP contribution in [0.1, 0.15) is 37.0 Å². The van der Waals surface area contributed by atoms with E-state index < -0.39 is 0 Å². The normalized spacial score (nSPS) is 21.4. The van der Waals surface area contributed by atoms with E-state index in [4.69, 9.17) is 0 Å². The third kappa shape index (κ3) is 3.94. The van der Waals surface area contributed by atoms with Gasteiger partial charge in [-0.1, -0.05) is 12.8 Å². The van der Waals surface area contributed by atoms with E-state index in [9.17, 15) is 18.8 Å². The van der Waals surface area contributed by atoms with Crippen molar-refractivity contribution in [3.8, 4) is 11.3 Å². The van der Waals surface area contributed by atoms with Crippen molar-refractivity contribution in [3.05, 3.63) is 35.0 Å². The zero-order valence-corrected chi connectivity index (χ0v) is 16.9. The third-order valence-corrected chi connectivity index (χ3v) is 6.54. The Morgan fingerprint density at radius 2 is 1.79 bits per heavy atom. The van der Waals surface area contributed by atoms with Crippen molar-refractivity contribution < 1.29 is 18.8 Å². The largest absolute Gasteiger partial charge is 0.302 e. The number of nitrogens with zero attached hydrogens (tertiary/aromatic N) is 2. The van der Waals surface area contributed by atoms with E-state index >= 15 is 0 Å². The molecule has 152 valence electrons. The Balaban J connectivity index is 1.37. The van der Waals surface area contributed by atoms with Crippen LogP contribution in [0.25, 0.3) is 11.3 Å². The average molecular weight is 415 g/mol. The smallest absolute Gasteiger partial charge is 0.233 e. The van der Waals surface area contributed by atoms with Gasteiger partial charge in [-0.25, -0.2) is 9.37 Å². The summed E-state index contributed by atoms with van der Waals surface area (Å²) in [7, 11) is 0. The Labute approximate surface area is 172 Å². The second kappa shape index (κ2) is 8.02. The summed E-state index contributed by atoms with van der Waals surface area (Å²) in [6.45, 7) is 1.99. The van der Waals surface area contributed by atoms with Gasteiger partial charge in [0.2, 0.25) is 17.7 Å². The quantitative estimate of drug-likeness (QED) is 0.754. The number of thiazole rings is 1. The van der Waals surface area contributed by atoms with Crippen molar-refractivity contribution in [2.45, 2.75) is 39.0 Å². The highest BCUT2D eigenvalue weighted by molar-refractivity contribution is 7.16. The van der Waals surface area contributed by atoms with Gasteiger partial charge in [0.1, 0.15) is 5.82 Å². The van der Waals surface area contributed by atoms with Gasteiger partial charge >= 0.3 is 0 Å². The highest BCUT2D eigenvalue weighted by Crippen LogP contribution is 2.38. The van der Waals surface area contributed by atoms with Crippen molar-refractivity contribution in [1.82, 2.24) is 9.88 Å².